The molecule has 0 amide bonds. The van der Waals surface area contributed by atoms with E-state index < -0.39 is 4.92 Å². The molecule has 1 saturated heterocycles. The van der Waals surface area contributed by atoms with E-state index in [9.17, 15) is 14.9 Å². The van der Waals surface area contributed by atoms with Gasteiger partial charge in [0.2, 0.25) is 0 Å². The van der Waals surface area contributed by atoms with Crippen LogP contribution in [0.5, 0.6) is 0 Å². The maximum absolute atomic E-state index is 12.3. The highest BCUT2D eigenvalue weighted by Crippen LogP contribution is 2.20. The van der Waals surface area contributed by atoms with Gasteiger partial charge in [-0.25, -0.2) is 0 Å². The highest BCUT2D eigenvalue weighted by Gasteiger charge is 2.10. The Morgan fingerprint density at radius 1 is 0.923 bits per heavy atom. The summed E-state index contributed by atoms with van der Waals surface area (Å²) >= 11 is 0. The molecule has 5 heteroatoms. The fourth-order valence-corrected chi connectivity index (χ4v) is 3.14. The van der Waals surface area contributed by atoms with Crippen LogP contribution < -0.4 is 4.90 Å². The van der Waals surface area contributed by atoms with Gasteiger partial charge in [0.25, 0.3) is 5.69 Å². The molecule has 1 fully saturated rings. The molecule has 134 valence electrons. The van der Waals surface area contributed by atoms with Crippen LogP contribution in [0.2, 0.25) is 0 Å². The van der Waals surface area contributed by atoms with Gasteiger partial charge in [-0.15, -0.1) is 0 Å². The smallest absolute Gasteiger partial charge is 0.269 e. The number of hydrogen-bond donors (Lipinski definition) is 0. The summed E-state index contributed by atoms with van der Waals surface area (Å²) < 4.78 is 0. The van der Waals surface area contributed by atoms with Crippen molar-refractivity contribution in [2.24, 2.45) is 0 Å². The molecule has 5 nitrogen and oxygen atoms in total. The molecular weight excluding hydrogens is 328 g/mol. The van der Waals surface area contributed by atoms with Crippen LogP contribution in [0.15, 0.2) is 54.6 Å². The van der Waals surface area contributed by atoms with Crippen molar-refractivity contribution in [2.75, 3.05) is 18.0 Å². The number of non-ortho nitro benzene ring substituents is 1. The fourth-order valence-electron chi connectivity index (χ4n) is 3.14. The van der Waals surface area contributed by atoms with E-state index >= 15 is 0 Å². The Hall–Kier alpha value is -2.95. The van der Waals surface area contributed by atoms with E-state index in [1.165, 1.54) is 49.6 Å². The van der Waals surface area contributed by atoms with Crippen molar-refractivity contribution in [1.29, 1.82) is 0 Å². The lowest BCUT2D eigenvalue weighted by Crippen LogP contribution is -2.23. The molecule has 2 aromatic carbocycles. The lowest BCUT2D eigenvalue weighted by molar-refractivity contribution is -0.384. The number of allylic oxidation sites excluding steroid dienone is 1. The molecular formula is C21H22N2O3. The topological polar surface area (TPSA) is 63.4 Å². The summed E-state index contributed by atoms with van der Waals surface area (Å²) in [5.41, 5.74) is 2.60. The maximum Gasteiger partial charge on any atom is 0.269 e. The van der Waals surface area contributed by atoms with Gasteiger partial charge in [0.15, 0.2) is 5.78 Å². The predicted molar refractivity (Wildman–Crippen MR) is 104 cm³/mol. The zero-order chi connectivity index (χ0) is 18.4. The Kier molecular flexibility index (Phi) is 5.79. The largest absolute Gasteiger partial charge is 0.372 e. The van der Waals surface area contributed by atoms with Gasteiger partial charge < -0.3 is 4.90 Å². The monoisotopic (exact) mass is 350 g/mol. The molecule has 2 aromatic rings. The molecule has 0 N–H and O–H groups in total. The van der Waals surface area contributed by atoms with E-state index in [0.29, 0.717) is 5.56 Å². The van der Waals surface area contributed by atoms with Crippen molar-refractivity contribution in [2.45, 2.75) is 25.7 Å². The third-order valence-electron chi connectivity index (χ3n) is 4.65. The van der Waals surface area contributed by atoms with Crippen molar-refractivity contribution >= 4 is 23.2 Å². The van der Waals surface area contributed by atoms with Crippen LogP contribution in [0.25, 0.3) is 6.08 Å². The zero-order valence-corrected chi connectivity index (χ0v) is 14.6. The van der Waals surface area contributed by atoms with Crippen LogP contribution in [0, 0.1) is 10.1 Å². The van der Waals surface area contributed by atoms with Crippen molar-refractivity contribution in [3.05, 3.63) is 75.8 Å². The number of carbonyl (C=O) groups excluding carboxylic acids is 1. The predicted octanol–water partition coefficient (Wildman–Crippen LogP) is 4.87. The second kappa shape index (κ2) is 8.43. The van der Waals surface area contributed by atoms with Gasteiger partial charge in [0, 0.05) is 36.5 Å². The number of hydrogen-bond acceptors (Lipinski definition) is 4. The minimum absolute atomic E-state index is 0.0394. The standard InChI is InChI=1S/C21H22N2O3/c24-21(14-7-17-5-10-20(11-6-17)23(25)26)18-8-12-19(13-9-18)22-15-3-1-2-4-16-22/h5-14H,1-4,15-16H2/b14-7+. The highest BCUT2D eigenvalue weighted by molar-refractivity contribution is 6.07. The van der Waals surface area contributed by atoms with E-state index in [4.69, 9.17) is 0 Å². The average molecular weight is 350 g/mol. The van der Waals surface area contributed by atoms with Gasteiger partial charge >= 0.3 is 0 Å². The summed E-state index contributed by atoms with van der Waals surface area (Å²) in [6, 6.07) is 13.9. The van der Waals surface area contributed by atoms with Gasteiger partial charge in [0.1, 0.15) is 0 Å². The number of benzene rings is 2. The third kappa shape index (κ3) is 4.57. The Labute approximate surface area is 153 Å². The summed E-state index contributed by atoms with van der Waals surface area (Å²) in [4.78, 5) is 24.9. The van der Waals surface area contributed by atoms with Crippen LogP contribution in [0.1, 0.15) is 41.6 Å². The minimum Gasteiger partial charge on any atom is -0.372 e. The Balaban J connectivity index is 1.64. The number of rotatable bonds is 5. The summed E-state index contributed by atoms with van der Waals surface area (Å²) in [5.74, 6) is -0.0780. The molecule has 0 spiro atoms. The molecule has 26 heavy (non-hydrogen) atoms. The lowest BCUT2D eigenvalue weighted by atomic mass is 10.1. The maximum atomic E-state index is 12.3. The van der Waals surface area contributed by atoms with Gasteiger partial charge in [-0.05, 0) is 60.9 Å². The number of nitrogens with zero attached hydrogens (tertiary/aromatic N) is 2. The molecule has 0 unspecified atom stereocenters. The molecule has 0 radical (unpaired) electrons. The quantitative estimate of drug-likeness (QED) is 0.334. The van der Waals surface area contributed by atoms with Crippen LogP contribution in [0.3, 0.4) is 0 Å². The number of nitro benzene ring substituents is 1. The third-order valence-corrected chi connectivity index (χ3v) is 4.65. The molecule has 0 aliphatic carbocycles. The van der Waals surface area contributed by atoms with Gasteiger partial charge in [-0.1, -0.05) is 18.9 Å². The van der Waals surface area contributed by atoms with Crippen molar-refractivity contribution in [3.63, 3.8) is 0 Å². The Morgan fingerprint density at radius 3 is 2.12 bits per heavy atom. The first-order chi connectivity index (χ1) is 12.6. The van der Waals surface area contributed by atoms with E-state index in [1.807, 2.05) is 24.3 Å². The summed E-state index contributed by atoms with van der Waals surface area (Å²) in [6.45, 7) is 2.15. The second-order valence-electron chi connectivity index (χ2n) is 6.49. The summed E-state index contributed by atoms with van der Waals surface area (Å²) in [7, 11) is 0. The number of anilines is 1. The average Bonchev–Trinajstić information content (AvgIpc) is 2.96. The first kappa shape index (κ1) is 17.9. The number of ketones is 1. The van der Waals surface area contributed by atoms with Gasteiger partial charge in [0.05, 0.1) is 4.92 Å². The highest BCUT2D eigenvalue weighted by atomic mass is 16.6. The normalized spacial score (nSPS) is 15.0. The number of nitro groups is 1. The summed E-state index contributed by atoms with van der Waals surface area (Å²) in [5, 5.41) is 10.7. The van der Waals surface area contributed by atoms with E-state index in [-0.39, 0.29) is 11.5 Å². The van der Waals surface area contributed by atoms with Gasteiger partial charge in [-0.3, -0.25) is 14.9 Å². The van der Waals surface area contributed by atoms with Crippen LogP contribution in [-0.4, -0.2) is 23.8 Å². The van der Waals surface area contributed by atoms with Crippen molar-refractivity contribution in [3.8, 4) is 0 Å². The second-order valence-corrected chi connectivity index (χ2v) is 6.49. The molecule has 1 aliphatic heterocycles. The van der Waals surface area contributed by atoms with Crippen molar-refractivity contribution in [1.82, 2.24) is 0 Å². The fraction of sp³-hybridized carbons (Fsp3) is 0.286. The molecule has 0 atom stereocenters. The molecule has 1 heterocycles. The molecule has 0 aromatic heterocycles. The Bertz CT molecular complexity index is 787. The molecule has 0 saturated carbocycles. The van der Waals surface area contributed by atoms with E-state index in [0.717, 1.165) is 18.7 Å². The Morgan fingerprint density at radius 2 is 1.54 bits per heavy atom. The van der Waals surface area contributed by atoms with Gasteiger partial charge in [-0.2, -0.15) is 0 Å². The van der Waals surface area contributed by atoms with Crippen LogP contribution >= 0.6 is 0 Å². The first-order valence-corrected chi connectivity index (χ1v) is 8.95. The van der Waals surface area contributed by atoms with Crippen LogP contribution in [-0.2, 0) is 0 Å². The zero-order valence-electron chi connectivity index (χ0n) is 14.6. The lowest BCUT2D eigenvalue weighted by Gasteiger charge is -2.22. The van der Waals surface area contributed by atoms with E-state index in [1.54, 1.807) is 18.2 Å². The SMILES string of the molecule is O=C(/C=C/c1ccc([N+](=O)[O-])cc1)c1ccc(N2CCCCCC2)cc1. The molecule has 0 bridgehead atoms. The van der Waals surface area contributed by atoms with Crippen LogP contribution in [0.4, 0.5) is 11.4 Å². The minimum atomic E-state index is -0.440. The van der Waals surface area contributed by atoms with Crippen molar-refractivity contribution < 1.29 is 9.72 Å². The first-order valence-electron chi connectivity index (χ1n) is 8.95. The summed E-state index contributed by atoms with van der Waals surface area (Å²) in [6.07, 6.45) is 8.20. The van der Waals surface area contributed by atoms with E-state index in [2.05, 4.69) is 4.90 Å². The molecule has 1 aliphatic rings. The number of carbonyl (C=O) groups is 1. The molecule has 3 rings (SSSR count).